The van der Waals surface area contributed by atoms with Crippen LogP contribution in [0.4, 0.5) is 10.5 Å². The molecule has 0 aliphatic carbocycles. The number of nitrogens with zero attached hydrogens (tertiary/aromatic N) is 1. The maximum Gasteiger partial charge on any atom is 0.560 e. The molecule has 0 aromatic heterocycles. The molecule has 1 aliphatic rings. The summed E-state index contributed by atoms with van der Waals surface area (Å²) in [6.07, 6.45) is -0.313. The fraction of sp³-hybridized carbons (Fsp3) is 0. The van der Waals surface area contributed by atoms with Gasteiger partial charge in [0.25, 0.3) is 0 Å². The second kappa shape index (κ2) is 2.57. The van der Waals surface area contributed by atoms with E-state index in [1.165, 1.54) is 12.1 Å². The van der Waals surface area contributed by atoms with E-state index in [9.17, 15) is 15.1 Å². The molecule has 1 atom stereocenters. The summed E-state index contributed by atoms with van der Waals surface area (Å²) in [6, 6.07) is 6.35. The molecule has 1 amide bonds. The minimum absolute atomic E-state index is 0.137. The monoisotopic (exact) mass is 194 g/mol. The Labute approximate surface area is 79.3 Å². The van der Waals surface area contributed by atoms with Gasteiger partial charge < -0.3 is 10.2 Å². The Morgan fingerprint density at radius 1 is 1.29 bits per heavy atom. The summed E-state index contributed by atoms with van der Waals surface area (Å²) < 4.78 is -1.57. The lowest BCUT2D eigenvalue weighted by Crippen LogP contribution is -2.47. The summed E-state index contributed by atoms with van der Waals surface area (Å²) in [5.41, 5.74) is 0.632. The largest absolute Gasteiger partial charge is 0.560 e. The van der Waals surface area contributed by atoms with Crippen molar-refractivity contribution in [3.05, 3.63) is 35.7 Å². The van der Waals surface area contributed by atoms with Crippen molar-refractivity contribution in [3.63, 3.8) is 0 Å². The molecule has 0 saturated heterocycles. The Kier molecular flexibility index (Phi) is 1.60. The van der Waals surface area contributed by atoms with Crippen LogP contribution in [0.3, 0.4) is 0 Å². The van der Waals surface area contributed by atoms with E-state index in [0.717, 1.165) is 0 Å². The van der Waals surface area contributed by atoms with Crippen molar-refractivity contribution in [3.8, 4) is 0 Å². The van der Waals surface area contributed by atoms with Crippen LogP contribution in [0, 0.1) is 0 Å². The summed E-state index contributed by atoms with van der Waals surface area (Å²) in [5.74, 6) is -0.612. The fourth-order valence-corrected chi connectivity index (χ4v) is 1.46. The van der Waals surface area contributed by atoms with Crippen molar-refractivity contribution in [2.75, 3.05) is 0 Å². The molecular weight excluding hydrogens is 186 g/mol. The molecule has 1 heterocycles. The smallest absolute Gasteiger partial charge is 0.464 e. The Balaban J connectivity index is 2.68. The number of para-hydroxylation sites is 1. The predicted molar refractivity (Wildman–Crippen MR) is 48.7 cm³/mol. The van der Waals surface area contributed by atoms with Gasteiger partial charge in [-0.3, -0.25) is 0 Å². The number of hydrogen-bond donors (Lipinski definition) is 3. The molecule has 0 radical (unpaired) electrons. The fourth-order valence-electron chi connectivity index (χ4n) is 1.46. The number of carboxylic acid groups (broad SMARTS) is 1. The van der Waals surface area contributed by atoms with Crippen LogP contribution < -0.4 is 4.65 Å². The molecule has 5 nitrogen and oxygen atoms in total. The summed E-state index contributed by atoms with van der Waals surface area (Å²) >= 11 is 0. The van der Waals surface area contributed by atoms with Crippen molar-refractivity contribution >= 4 is 17.9 Å². The van der Waals surface area contributed by atoms with Gasteiger partial charge in [0.1, 0.15) is 0 Å². The zero-order chi connectivity index (χ0) is 10.3. The minimum Gasteiger partial charge on any atom is -0.464 e. The van der Waals surface area contributed by atoms with Crippen LogP contribution in [-0.2, 0) is 0 Å². The summed E-state index contributed by atoms with van der Waals surface area (Å²) in [5, 5.41) is 27.9. The van der Waals surface area contributed by atoms with E-state index < -0.39 is 16.6 Å². The van der Waals surface area contributed by atoms with Crippen LogP contribution in [0.1, 0.15) is 5.56 Å². The quantitative estimate of drug-likeness (QED) is 0.435. The molecule has 0 bridgehead atoms. The third-order valence-corrected chi connectivity index (χ3v) is 2.18. The molecule has 0 fully saturated rings. The van der Waals surface area contributed by atoms with Crippen molar-refractivity contribution in [1.82, 2.24) is 4.65 Å². The topological polar surface area (TPSA) is 77.8 Å². The van der Waals surface area contributed by atoms with E-state index >= 15 is 0 Å². The van der Waals surface area contributed by atoms with E-state index in [1.807, 2.05) is 0 Å². The first-order chi connectivity index (χ1) is 6.56. The molecule has 0 spiro atoms. The van der Waals surface area contributed by atoms with Gasteiger partial charge in [0.05, 0.1) is 6.08 Å². The standard InChI is InChI=1S/C9H7NO4/c11-8-5-6-3-1-2-4-7(6)10(8,14)9(12)13/h1-5,14H,(H-,11,12,13)/p+1. The molecule has 1 aliphatic heterocycles. The van der Waals surface area contributed by atoms with Crippen molar-refractivity contribution in [2.24, 2.45) is 0 Å². The van der Waals surface area contributed by atoms with E-state index in [4.69, 9.17) is 5.11 Å². The lowest BCUT2D eigenvalue weighted by molar-refractivity contribution is -0.0544. The number of amides is 1. The molecule has 1 aromatic rings. The highest BCUT2D eigenvalue weighted by Crippen LogP contribution is 2.37. The summed E-state index contributed by atoms with van der Waals surface area (Å²) in [4.78, 5) is 10.8. The van der Waals surface area contributed by atoms with Crippen molar-refractivity contribution in [1.29, 1.82) is 0 Å². The number of benzene rings is 1. The lowest BCUT2D eigenvalue weighted by Gasteiger charge is -2.17. The number of rotatable bonds is 0. The second-order valence-corrected chi connectivity index (χ2v) is 2.98. The first-order valence-corrected chi connectivity index (χ1v) is 3.93. The second-order valence-electron chi connectivity index (χ2n) is 2.98. The van der Waals surface area contributed by atoms with Gasteiger partial charge in [-0.15, -0.1) is 0 Å². The highest BCUT2D eigenvalue weighted by atomic mass is 16.6. The van der Waals surface area contributed by atoms with E-state index in [-0.39, 0.29) is 5.69 Å². The molecule has 2 rings (SSSR count). The molecule has 14 heavy (non-hydrogen) atoms. The molecule has 0 saturated carbocycles. The average molecular weight is 194 g/mol. The van der Waals surface area contributed by atoms with Gasteiger partial charge in [0, 0.05) is 16.3 Å². The van der Waals surface area contributed by atoms with Gasteiger partial charge in [-0.05, 0) is 6.07 Å². The maximum atomic E-state index is 10.8. The molecule has 3 N–H and O–H groups in total. The number of carbonyl (C=O) groups is 1. The Morgan fingerprint density at radius 2 is 1.93 bits per heavy atom. The normalized spacial score (nSPS) is 24.2. The van der Waals surface area contributed by atoms with Gasteiger partial charge in [0.2, 0.25) is 0 Å². The van der Waals surface area contributed by atoms with Crippen LogP contribution in [0.25, 0.3) is 6.08 Å². The van der Waals surface area contributed by atoms with Crippen molar-refractivity contribution < 1.29 is 20.2 Å². The van der Waals surface area contributed by atoms with E-state index in [2.05, 4.69) is 0 Å². The van der Waals surface area contributed by atoms with E-state index in [0.29, 0.717) is 5.56 Å². The number of quaternary nitrogens is 1. The minimum atomic E-state index is -1.57. The Morgan fingerprint density at radius 3 is 2.57 bits per heavy atom. The van der Waals surface area contributed by atoms with Gasteiger partial charge in [-0.25, -0.2) is 0 Å². The van der Waals surface area contributed by atoms with Crippen LogP contribution in [0.2, 0.25) is 0 Å². The maximum absolute atomic E-state index is 10.8. The number of fused-ring (bicyclic) bond motifs is 1. The molecule has 1 unspecified atom stereocenters. The van der Waals surface area contributed by atoms with Gasteiger partial charge in [-0.1, -0.05) is 12.1 Å². The van der Waals surface area contributed by atoms with Gasteiger partial charge >= 0.3 is 12.0 Å². The zero-order valence-corrected chi connectivity index (χ0v) is 7.08. The molecule has 72 valence electrons. The summed E-state index contributed by atoms with van der Waals surface area (Å²) in [6.45, 7) is 0. The first-order valence-electron chi connectivity index (χ1n) is 3.93. The van der Waals surface area contributed by atoms with Crippen LogP contribution >= 0.6 is 0 Å². The predicted octanol–water partition coefficient (Wildman–Crippen LogP) is 1.93. The molecular formula is C9H8NO4+. The van der Waals surface area contributed by atoms with Gasteiger partial charge in [0.15, 0.2) is 5.69 Å². The Hall–Kier alpha value is -1.85. The number of aliphatic hydroxyl groups is 1. The van der Waals surface area contributed by atoms with Crippen molar-refractivity contribution in [2.45, 2.75) is 0 Å². The average Bonchev–Trinajstić information content (AvgIpc) is 2.41. The molecule has 5 heteroatoms. The van der Waals surface area contributed by atoms with Crippen LogP contribution in [-0.4, -0.2) is 21.5 Å². The third kappa shape index (κ3) is 0.876. The number of aliphatic hydroxyl groups excluding tert-OH is 1. The van der Waals surface area contributed by atoms with Gasteiger partial charge in [-0.2, -0.15) is 10.0 Å². The van der Waals surface area contributed by atoms with Crippen LogP contribution in [0.5, 0.6) is 0 Å². The highest BCUT2D eigenvalue weighted by molar-refractivity contribution is 5.90. The lowest BCUT2D eigenvalue weighted by atomic mass is 10.2. The Bertz CT molecular complexity index is 440. The van der Waals surface area contributed by atoms with E-state index in [1.54, 1.807) is 18.2 Å². The zero-order valence-electron chi connectivity index (χ0n) is 7.08. The molecule has 1 aromatic carbocycles. The highest BCUT2D eigenvalue weighted by Gasteiger charge is 2.50. The van der Waals surface area contributed by atoms with Crippen LogP contribution in [0.15, 0.2) is 30.1 Å². The number of hydrogen-bond acceptors (Lipinski definition) is 3. The third-order valence-electron chi connectivity index (χ3n) is 2.18. The first kappa shape index (κ1) is 8.74. The summed E-state index contributed by atoms with van der Waals surface area (Å²) in [7, 11) is 0. The number of hydroxylamine groups is 2. The SMILES string of the molecule is O=C(O)[N+]1(O)C(O)=Cc2ccccc21.